The van der Waals surface area contributed by atoms with Gasteiger partial charge in [0.15, 0.2) is 12.4 Å². The number of esters is 2. The molecule has 0 bridgehead atoms. The molecular weight excluding hydrogens is 861 g/mol. The molecule has 1 fully saturated rings. The second-order valence-electron chi connectivity index (χ2n) is 19.3. The predicted octanol–water partition coefficient (Wildman–Crippen LogP) is 12.6. The molecule has 1 aliphatic heterocycles. The van der Waals surface area contributed by atoms with E-state index in [1.807, 2.05) is 0 Å². The van der Waals surface area contributed by atoms with Crippen molar-refractivity contribution >= 4 is 22.1 Å². The normalized spacial score (nSPS) is 19.4. The second kappa shape index (κ2) is 43.4. The Labute approximate surface area is 403 Å². The number of carbonyl (C=O) groups is 2. The van der Waals surface area contributed by atoms with E-state index in [1.54, 1.807) is 0 Å². The minimum atomic E-state index is -4.60. The maximum atomic E-state index is 12.9. The molecule has 1 aliphatic rings. The molecule has 390 valence electrons. The van der Waals surface area contributed by atoms with Gasteiger partial charge in [0.1, 0.15) is 36.8 Å². The molecule has 1 rings (SSSR count). The smallest absolute Gasteiger partial charge is 0.306 e. The summed E-state index contributed by atoms with van der Waals surface area (Å²) in [5.74, 6) is -1.97. The van der Waals surface area contributed by atoms with Gasteiger partial charge in [0, 0.05) is 12.8 Å². The van der Waals surface area contributed by atoms with Gasteiger partial charge in [0.2, 0.25) is 0 Å². The predicted molar refractivity (Wildman–Crippen MR) is 266 cm³/mol. The summed E-state index contributed by atoms with van der Waals surface area (Å²) in [6.45, 7) is 3.78. The van der Waals surface area contributed by atoms with E-state index in [4.69, 9.17) is 18.9 Å². The molecule has 1 heterocycles. The molecule has 2 unspecified atom stereocenters. The molecule has 0 aromatic heterocycles. The summed E-state index contributed by atoms with van der Waals surface area (Å²) >= 11 is 0. The van der Waals surface area contributed by atoms with Crippen LogP contribution in [0.2, 0.25) is 0 Å². The zero-order chi connectivity index (χ0) is 48.4. The van der Waals surface area contributed by atoms with Crippen LogP contribution in [0.1, 0.15) is 258 Å². The fourth-order valence-electron chi connectivity index (χ4n) is 8.60. The fourth-order valence-corrected chi connectivity index (χ4v) is 9.29. The quantitative estimate of drug-likeness (QED) is 0.0196. The topological polar surface area (TPSA) is 186 Å². The monoisotopic (exact) mass is 961 g/mol. The lowest BCUT2D eigenvalue weighted by Crippen LogP contribution is -2.60. The van der Waals surface area contributed by atoms with Crippen LogP contribution in [0.5, 0.6) is 0 Å². The van der Waals surface area contributed by atoms with Gasteiger partial charge in [-0.25, -0.2) is 0 Å². The van der Waals surface area contributed by atoms with Gasteiger partial charge in [-0.05, 0) is 32.1 Å². The van der Waals surface area contributed by atoms with Crippen LogP contribution in [-0.2, 0) is 38.7 Å². The van der Waals surface area contributed by atoms with E-state index in [9.17, 15) is 37.9 Å². The minimum Gasteiger partial charge on any atom is -0.462 e. The Kier molecular flexibility index (Phi) is 41.0. The van der Waals surface area contributed by atoms with Gasteiger partial charge >= 0.3 is 11.9 Å². The van der Waals surface area contributed by atoms with Crippen molar-refractivity contribution in [3.05, 3.63) is 12.2 Å². The van der Waals surface area contributed by atoms with Crippen LogP contribution < -0.4 is 0 Å². The highest BCUT2D eigenvalue weighted by atomic mass is 32.2. The Bertz CT molecular complexity index is 1260. The Morgan fingerprint density at radius 3 is 1.30 bits per heavy atom. The standard InChI is InChI=1S/C53H100O12S/c1-3-5-7-9-11-13-15-17-19-20-21-22-23-24-25-26-28-29-31-33-35-37-39-41-48(54)62-43-46(44-63-53-52(58)51(57)50(56)47(65-53)45-66(59,60)61)64-49(55)42-40-38-36-34-32-30-27-18-16-14-12-10-8-6-4-2/h10,12,46-47,50-53,56-58H,3-9,11,13-45H2,1-2H3,(H,59,60,61)/b12-10+/t46-,47-,50-,51?,52?,53+/m1/s1. The first-order chi connectivity index (χ1) is 32.0. The van der Waals surface area contributed by atoms with E-state index in [0.717, 1.165) is 44.9 Å². The third-order valence-electron chi connectivity index (χ3n) is 12.8. The molecule has 0 aromatic carbocycles. The molecular formula is C53H100O12S. The maximum absolute atomic E-state index is 12.9. The Balaban J connectivity index is 2.30. The molecule has 4 N–H and O–H groups in total. The molecule has 13 heteroatoms. The molecule has 1 saturated heterocycles. The molecule has 0 spiro atoms. The van der Waals surface area contributed by atoms with Crippen molar-refractivity contribution in [2.45, 2.75) is 295 Å². The number of aliphatic hydroxyl groups excluding tert-OH is 3. The Morgan fingerprint density at radius 2 is 0.879 bits per heavy atom. The molecule has 0 saturated carbocycles. The van der Waals surface area contributed by atoms with Gasteiger partial charge < -0.3 is 34.3 Å². The zero-order valence-electron chi connectivity index (χ0n) is 42.1. The first kappa shape index (κ1) is 62.4. The Morgan fingerprint density at radius 1 is 0.500 bits per heavy atom. The first-order valence-corrected chi connectivity index (χ1v) is 28.9. The van der Waals surface area contributed by atoms with Crippen molar-refractivity contribution in [3.63, 3.8) is 0 Å². The van der Waals surface area contributed by atoms with Gasteiger partial charge in [-0.1, -0.05) is 225 Å². The third kappa shape index (κ3) is 37.3. The number of rotatable bonds is 47. The third-order valence-corrected chi connectivity index (χ3v) is 13.6. The minimum absolute atomic E-state index is 0.166. The summed E-state index contributed by atoms with van der Waals surface area (Å²) < 4.78 is 54.3. The van der Waals surface area contributed by atoms with E-state index >= 15 is 0 Å². The largest absolute Gasteiger partial charge is 0.462 e. The van der Waals surface area contributed by atoms with Gasteiger partial charge in [-0.2, -0.15) is 8.42 Å². The van der Waals surface area contributed by atoms with Crippen molar-refractivity contribution in [2.24, 2.45) is 0 Å². The SMILES string of the molecule is CCCC/C=C/CCCCCCCCCCCC(=O)O[C@H](COC(=O)CCCCCCCCCCCCCCCCCCCCCCCCC)CO[C@H]1O[C@H](CS(=O)(=O)O)[C@@H](O)C(O)C1O. The lowest BCUT2D eigenvalue weighted by Gasteiger charge is -2.40. The van der Waals surface area contributed by atoms with Crippen LogP contribution >= 0.6 is 0 Å². The zero-order valence-corrected chi connectivity index (χ0v) is 42.9. The van der Waals surface area contributed by atoms with E-state index in [2.05, 4.69) is 26.0 Å². The van der Waals surface area contributed by atoms with Crippen LogP contribution in [0.3, 0.4) is 0 Å². The molecule has 0 aromatic rings. The molecule has 0 aliphatic carbocycles. The average molecular weight is 961 g/mol. The van der Waals surface area contributed by atoms with Gasteiger partial charge in [-0.3, -0.25) is 14.1 Å². The van der Waals surface area contributed by atoms with Crippen molar-refractivity contribution in [1.29, 1.82) is 0 Å². The van der Waals surface area contributed by atoms with Crippen molar-refractivity contribution in [1.82, 2.24) is 0 Å². The average Bonchev–Trinajstić information content (AvgIpc) is 3.28. The highest BCUT2D eigenvalue weighted by Crippen LogP contribution is 2.24. The number of carbonyl (C=O) groups excluding carboxylic acids is 2. The molecule has 0 radical (unpaired) electrons. The van der Waals surface area contributed by atoms with E-state index in [-0.39, 0.29) is 19.4 Å². The number of ether oxygens (including phenoxy) is 4. The first-order valence-electron chi connectivity index (χ1n) is 27.2. The number of unbranched alkanes of at least 4 members (excludes halogenated alkanes) is 33. The van der Waals surface area contributed by atoms with Crippen LogP contribution in [0.15, 0.2) is 12.2 Å². The van der Waals surface area contributed by atoms with Crippen LogP contribution in [0, 0.1) is 0 Å². The van der Waals surface area contributed by atoms with E-state index in [0.29, 0.717) is 12.8 Å². The number of hydrogen-bond acceptors (Lipinski definition) is 11. The van der Waals surface area contributed by atoms with Crippen LogP contribution in [0.25, 0.3) is 0 Å². The summed E-state index contributed by atoms with van der Waals surface area (Å²) in [5, 5.41) is 31.0. The molecule has 12 nitrogen and oxygen atoms in total. The van der Waals surface area contributed by atoms with Crippen molar-refractivity contribution < 1.29 is 56.8 Å². The van der Waals surface area contributed by atoms with E-state index < -0.39 is 71.2 Å². The number of aliphatic hydroxyl groups is 3. The van der Waals surface area contributed by atoms with Gasteiger partial charge in [-0.15, -0.1) is 0 Å². The number of allylic oxidation sites excluding steroid dienone is 2. The van der Waals surface area contributed by atoms with Crippen LogP contribution in [-0.4, -0.2) is 96.0 Å². The summed E-state index contributed by atoms with van der Waals surface area (Å²) in [5.41, 5.74) is 0. The Hall–Kier alpha value is -1.61. The van der Waals surface area contributed by atoms with Crippen molar-refractivity contribution in [3.8, 4) is 0 Å². The number of hydrogen-bond donors (Lipinski definition) is 4. The van der Waals surface area contributed by atoms with Gasteiger partial charge in [0.05, 0.1) is 6.61 Å². The second-order valence-corrected chi connectivity index (χ2v) is 20.8. The summed E-state index contributed by atoms with van der Waals surface area (Å²) in [6, 6.07) is 0. The lowest BCUT2D eigenvalue weighted by molar-refractivity contribution is -0.297. The molecule has 0 amide bonds. The van der Waals surface area contributed by atoms with Crippen LogP contribution in [0.4, 0.5) is 0 Å². The molecule has 66 heavy (non-hydrogen) atoms. The van der Waals surface area contributed by atoms with E-state index in [1.165, 1.54) is 173 Å². The maximum Gasteiger partial charge on any atom is 0.306 e. The highest BCUT2D eigenvalue weighted by molar-refractivity contribution is 7.85. The lowest BCUT2D eigenvalue weighted by atomic mass is 10.00. The highest BCUT2D eigenvalue weighted by Gasteiger charge is 2.46. The fraction of sp³-hybridized carbons (Fsp3) is 0.925. The summed E-state index contributed by atoms with van der Waals surface area (Å²) in [7, 11) is -4.60. The summed E-state index contributed by atoms with van der Waals surface area (Å²) in [6.07, 6.45) is 39.7. The molecule has 6 atom stereocenters. The van der Waals surface area contributed by atoms with Crippen molar-refractivity contribution in [2.75, 3.05) is 19.0 Å². The van der Waals surface area contributed by atoms with Gasteiger partial charge in [0.25, 0.3) is 10.1 Å². The summed E-state index contributed by atoms with van der Waals surface area (Å²) in [4.78, 5) is 25.5.